The van der Waals surface area contributed by atoms with Gasteiger partial charge in [0.1, 0.15) is 6.61 Å². The highest BCUT2D eigenvalue weighted by molar-refractivity contribution is 6.45. The van der Waals surface area contributed by atoms with E-state index in [4.69, 9.17) is 4.74 Å². The van der Waals surface area contributed by atoms with Crippen molar-refractivity contribution in [2.24, 2.45) is 0 Å². The number of hydrogen-bond donors (Lipinski definition) is 1. The fourth-order valence-corrected chi connectivity index (χ4v) is 3.64. The van der Waals surface area contributed by atoms with Gasteiger partial charge in [-0.15, -0.1) is 0 Å². The molecule has 1 amide bonds. The number of cyclic esters (lactones) is 1. The third-order valence-electron chi connectivity index (χ3n) is 5.35. The summed E-state index contributed by atoms with van der Waals surface area (Å²) < 4.78 is 6.74. The van der Waals surface area contributed by atoms with Crippen LogP contribution in [0.5, 0.6) is 0 Å². The number of esters is 1. The van der Waals surface area contributed by atoms with Crippen molar-refractivity contribution in [3.63, 3.8) is 0 Å². The van der Waals surface area contributed by atoms with Gasteiger partial charge in [-0.05, 0) is 22.6 Å². The Labute approximate surface area is 180 Å². The van der Waals surface area contributed by atoms with Crippen molar-refractivity contribution in [3.8, 4) is 0 Å². The highest BCUT2D eigenvalue weighted by Crippen LogP contribution is 2.25. The van der Waals surface area contributed by atoms with Crippen LogP contribution in [0.4, 0.5) is 0 Å². The summed E-state index contributed by atoms with van der Waals surface area (Å²) >= 11 is 0. The first kappa shape index (κ1) is 20.6. The van der Waals surface area contributed by atoms with E-state index in [1.54, 1.807) is 6.20 Å². The topological polar surface area (TPSA) is 77.4 Å². The predicted octanol–water partition coefficient (Wildman–Crippen LogP) is 3.73. The second-order valence-corrected chi connectivity index (χ2v) is 8.70. The van der Waals surface area contributed by atoms with Crippen LogP contribution >= 0.6 is 0 Å². The average Bonchev–Trinajstić information content (AvgIpc) is 3.31. The standard InChI is InChI=1S/C25H24N2O4/c1-25(2,3)17-10-8-16(9-11-17)13-27-14-20(19-6-4-5-7-21(19)27)23(29)24(30)26-18-12-22(28)31-15-18/h4-12,14H,13,15H2,1-3H3,(H,26,30). The molecule has 31 heavy (non-hydrogen) atoms. The Hall–Kier alpha value is -3.67. The van der Waals surface area contributed by atoms with Gasteiger partial charge in [0.15, 0.2) is 0 Å². The Morgan fingerprint density at radius 2 is 1.77 bits per heavy atom. The fourth-order valence-electron chi connectivity index (χ4n) is 3.64. The van der Waals surface area contributed by atoms with Crippen LogP contribution in [0.25, 0.3) is 10.9 Å². The summed E-state index contributed by atoms with van der Waals surface area (Å²) in [5.74, 6) is -1.97. The summed E-state index contributed by atoms with van der Waals surface area (Å²) in [6.45, 7) is 7.06. The Morgan fingerprint density at radius 3 is 2.42 bits per heavy atom. The third kappa shape index (κ3) is 4.28. The molecule has 3 aromatic rings. The van der Waals surface area contributed by atoms with E-state index in [0.29, 0.717) is 17.5 Å². The molecule has 6 nitrogen and oxygen atoms in total. The van der Waals surface area contributed by atoms with E-state index in [0.717, 1.165) is 11.1 Å². The highest BCUT2D eigenvalue weighted by Gasteiger charge is 2.24. The number of fused-ring (bicyclic) bond motifs is 1. The molecule has 0 spiro atoms. The van der Waals surface area contributed by atoms with Crippen molar-refractivity contribution in [1.29, 1.82) is 0 Å². The number of aromatic nitrogens is 1. The zero-order valence-corrected chi connectivity index (χ0v) is 17.8. The Morgan fingerprint density at radius 1 is 1.06 bits per heavy atom. The van der Waals surface area contributed by atoms with Crippen LogP contribution in [-0.2, 0) is 26.3 Å². The minimum atomic E-state index is -0.790. The fraction of sp³-hybridized carbons (Fsp3) is 0.240. The molecule has 0 radical (unpaired) electrons. The zero-order chi connectivity index (χ0) is 22.2. The molecule has 4 rings (SSSR count). The maximum atomic E-state index is 12.9. The lowest BCUT2D eigenvalue weighted by molar-refractivity contribution is -0.135. The van der Waals surface area contributed by atoms with Crippen molar-refractivity contribution in [1.82, 2.24) is 9.88 Å². The van der Waals surface area contributed by atoms with Gasteiger partial charge >= 0.3 is 5.97 Å². The number of benzene rings is 2. The van der Waals surface area contributed by atoms with Crippen LogP contribution in [0.1, 0.15) is 42.3 Å². The van der Waals surface area contributed by atoms with Crippen molar-refractivity contribution in [2.75, 3.05) is 6.61 Å². The minimum absolute atomic E-state index is 0.0375. The molecule has 1 aliphatic rings. The Balaban J connectivity index is 1.61. The highest BCUT2D eigenvalue weighted by atomic mass is 16.5. The lowest BCUT2D eigenvalue weighted by Crippen LogP contribution is -2.31. The molecule has 2 aromatic carbocycles. The SMILES string of the molecule is CC(C)(C)c1ccc(Cn2cc(C(=O)C(=O)NC3=CC(=O)OC3)c3ccccc32)cc1. The summed E-state index contributed by atoms with van der Waals surface area (Å²) in [6, 6.07) is 15.9. The molecule has 0 atom stereocenters. The molecule has 0 unspecified atom stereocenters. The Bertz CT molecular complexity index is 1210. The second kappa shape index (κ2) is 7.87. The summed E-state index contributed by atoms with van der Waals surface area (Å²) in [5, 5.41) is 3.18. The third-order valence-corrected chi connectivity index (χ3v) is 5.35. The van der Waals surface area contributed by atoms with Crippen LogP contribution in [0.3, 0.4) is 0 Å². The monoisotopic (exact) mass is 416 g/mol. The van der Waals surface area contributed by atoms with E-state index in [-0.39, 0.29) is 17.7 Å². The Kier molecular flexibility index (Phi) is 5.23. The van der Waals surface area contributed by atoms with Gasteiger partial charge in [-0.2, -0.15) is 0 Å². The maximum Gasteiger partial charge on any atom is 0.333 e. The molecule has 0 bridgehead atoms. The number of nitrogens with zero attached hydrogens (tertiary/aromatic N) is 1. The van der Waals surface area contributed by atoms with E-state index >= 15 is 0 Å². The van der Waals surface area contributed by atoms with Gasteiger partial charge in [0, 0.05) is 29.7 Å². The summed E-state index contributed by atoms with van der Waals surface area (Å²) in [7, 11) is 0. The number of Topliss-reactive ketones (excluding diaryl/α,β-unsaturated/α-hetero) is 1. The molecular formula is C25H24N2O4. The number of amides is 1. The van der Waals surface area contributed by atoms with Crippen molar-refractivity contribution >= 4 is 28.6 Å². The lowest BCUT2D eigenvalue weighted by atomic mass is 9.87. The van der Waals surface area contributed by atoms with Crippen LogP contribution < -0.4 is 5.32 Å². The number of ether oxygens (including phenoxy) is 1. The minimum Gasteiger partial charge on any atom is -0.456 e. The molecule has 1 N–H and O–H groups in total. The van der Waals surface area contributed by atoms with Gasteiger partial charge < -0.3 is 14.6 Å². The summed E-state index contributed by atoms with van der Waals surface area (Å²) in [5.41, 5.74) is 3.91. The molecule has 0 saturated heterocycles. The van der Waals surface area contributed by atoms with Crippen molar-refractivity contribution < 1.29 is 19.1 Å². The van der Waals surface area contributed by atoms with Crippen molar-refractivity contribution in [3.05, 3.63) is 83.2 Å². The van der Waals surface area contributed by atoms with E-state index in [9.17, 15) is 14.4 Å². The van der Waals surface area contributed by atoms with E-state index in [1.807, 2.05) is 28.8 Å². The van der Waals surface area contributed by atoms with Gasteiger partial charge in [0.2, 0.25) is 0 Å². The van der Waals surface area contributed by atoms with Gasteiger partial charge in [-0.1, -0.05) is 63.2 Å². The smallest absolute Gasteiger partial charge is 0.333 e. The van der Waals surface area contributed by atoms with E-state index in [1.165, 1.54) is 11.6 Å². The molecular weight excluding hydrogens is 392 g/mol. The number of nitrogens with one attached hydrogen (secondary N) is 1. The molecule has 158 valence electrons. The number of ketones is 1. The number of carbonyl (C=O) groups excluding carboxylic acids is 3. The van der Waals surface area contributed by atoms with E-state index in [2.05, 4.69) is 50.4 Å². The number of rotatable bonds is 5. The van der Waals surface area contributed by atoms with Crippen LogP contribution in [0.2, 0.25) is 0 Å². The molecule has 2 heterocycles. The number of carbonyl (C=O) groups is 3. The maximum absolute atomic E-state index is 12.9. The van der Waals surface area contributed by atoms with Gasteiger partial charge in [0.05, 0.1) is 11.3 Å². The van der Waals surface area contributed by atoms with Gasteiger partial charge in [0.25, 0.3) is 11.7 Å². The van der Waals surface area contributed by atoms with Gasteiger partial charge in [-0.25, -0.2) is 4.79 Å². The van der Waals surface area contributed by atoms with Crippen LogP contribution in [-0.4, -0.2) is 28.8 Å². The average molecular weight is 416 g/mol. The molecule has 1 aromatic heterocycles. The normalized spacial score (nSPS) is 13.8. The zero-order valence-electron chi connectivity index (χ0n) is 17.8. The molecule has 0 aliphatic carbocycles. The first-order chi connectivity index (χ1) is 14.7. The quantitative estimate of drug-likeness (QED) is 0.391. The van der Waals surface area contributed by atoms with Crippen LogP contribution in [0.15, 0.2) is 66.5 Å². The first-order valence-corrected chi connectivity index (χ1v) is 10.1. The molecule has 0 saturated carbocycles. The molecule has 0 fully saturated rings. The number of para-hydroxylation sites is 1. The van der Waals surface area contributed by atoms with Crippen molar-refractivity contribution in [2.45, 2.75) is 32.7 Å². The lowest BCUT2D eigenvalue weighted by Gasteiger charge is -2.19. The summed E-state index contributed by atoms with van der Waals surface area (Å²) in [4.78, 5) is 36.5. The largest absolute Gasteiger partial charge is 0.456 e. The molecule has 6 heteroatoms. The second-order valence-electron chi connectivity index (χ2n) is 8.70. The van der Waals surface area contributed by atoms with E-state index < -0.39 is 17.7 Å². The molecule has 1 aliphatic heterocycles. The number of hydrogen-bond acceptors (Lipinski definition) is 4. The summed E-state index contributed by atoms with van der Waals surface area (Å²) in [6.07, 6.45) is 2.89. The van der Waals surface area contributed by atoms with Crippen LogP contribution in [0, 0.1) is 0 Å². The predicted molar refractivity (Wildman–Crippen MR) is 118 cm³/mol. The first-order valence-electron chi connectivity index (χ1n) is 10.1. The van der Waals surface area contributed by atoms with Gasteiger partial charge in [-0.3, -0.25) is 9.59 Å².